The van der Waals surface area contributed by atoms with Crippen molar-refractivity contribution in [2.45, 2.75) is 63.5 Å². The maximum Gasteiger partial charge on any atom is 0.417 e. The Labute approximate surface area is 171 Å². The van der Waals surface area contributed by atoms with Gasteiger partial charge in [0.1, 0.15) is 0 Å². The lowest BCUT2D eigenvalue weighted by Gasteiger charge is -2.42. The van der Waals surface area contributed by atoms with Gasteiger partial charge in [0, 0.05) is 29.5 Å². The van der Waals surface area contributed by atoms with Gasteiger partial charge in [-0.25, -0.2) is 4.39 Å². The first-order valence-corrected chi connectivity index (χ1v) is 9.51. The Kier molecular flexibility index (Phi) is 5.42. The Bertz CT molecular complexity index is 899. The van der Waals surface area contributed by atoms with E-state index in [2.05, 4.69) is 5.32 Å². The lowest BCUT2D eigenvalue weighted by atomic mass is 9.71. The smallest absolute Gasteiger partial charge is 0.417 e. The maximum atomic E-state index is 14.4. The van der Waals surface area contributed by atoms with Crippen molar-refractivity contribution in [1.82, 2.24) is 5.32 Å². The number of rotatable bonds is 3. The minimum absolute atomic E-state index is 0.0598. The third-order valence-corrected chi connectivity index (χ3v) is 6.34. The first-order valence-electron chi connectivity index (χ1n) is 9.51. The number of hydrogen-bond donors (Lipinski definition) is 1. The molecule has 0 bridgehead atoms. The fraction of sp³-hybridized carbons (Fsp3) is 0.571. The summed E-state index contributed by atoms with van der Waals surface area (Å²) in [6, 6.07) is 2.07. The van der Waals surface area contributed by atoms with Crippen LogP contribution in [0.25, 0.3) is 0 Å². The van der Waals surface area contributed by atoms with Crippen LogP contribution in [-0.4, -0.2) is 36.3 Å². The molecule has 1 aromatic carbocycles. The number of halogens is 5. The van der Waals surface area contributed by atoms with Gasteiger partial charge in [0.2, 0.25) is 5.82 Å². The molecule has 0 amide bonds. The number of carbonyl (C=O) groups excluding carboxylic acids is 1. The number of ketones is 1. The van der Waals surface area contributed by atoms with Crippen LogP contribution in [0.15, 0.2) is 23.9 Å². The molecule has 0 aliphatic carbocycles. The molecule has 5 atom stereocenters. The summed E-state index contributed by atoms with van der Waals surface area (Å²) < 4.78 is 81.0. The van der Waals surface area contributed by atoms with Crippen LogP contribution in [0.1, 0.15) is 45.6 Å². The van der Waals surface area contributed by atoms with E-state index in [4.69, 9.17) is 9.47 Å². The summed E-state index contributed by atoms with van der Waals surface area (Å²) in [5.74, 6) is -5.39. The highest BCUT2D eigenvalue weighted by Crippen LogP contribution is 2.57. The highest BCUT2D eigenvalue weighted by molar-refractivity contribution is 5.92. The van der Waals surface area contributed by atoms with E-state index in [9.17, 15) is 26.7 Å². The SMILES string of the molecule is COc1c([C@H]2[C@H](C3(C)CC(=O)C=C(C)N3)O[C@@](C)(C(F)(F)F)[C@H]2C)ccc(F)c1F. The number of nitrogens with one attached hydrogen (secondary N) is 1. The average molecular weight is 433 g/mol. The molecular formula is C21H24F5NO3. The number of alkyl halides is 3. The third kappa shape index (κ3) is 3.36. The van der Waals surface area contributed by atoms with Crippen molar-refractivity contribution < 1.29 is 36.2 Å². The Morgan fingerprint density at radius 2 is 1.87 bits per heavy atom. The summed E-state index contributed by atoms with van der Waals surface area (Å²) in [7, 11) is 1.12. The summed E-state index contributed by atoms with van der Waals surface area (Å²) in [5.41, 5.74) is -3.22. The minimum atomic E-state index is -4.73. The molecule has 0 saturated carbocycles. The second-order valence-corrected chi connectivity index (χ2v) is 8.45. The molecule has 4 nitrogen and oxygen atoms in total. The third-order valence-electron chi connectivity index (χ3n) is 6.34. The van der Waals surface area contributed by atoms with Crippen LogP contribution in [0.2, 0.25) is 0 Å². The average Bonchev–Trinajstić information content (AvgIpc) is 2.89. The second-order valence-electron chi connectivity index (χ2n) is 8.45. The van der Waals surface area contributed by atoms with E-state index in [-0.39, 0.29) is 17.8 Å². The highest BCUT2D eigenvalue weighted by Gasteiger charge is 2.67. The molecule has 1 aromatic rings. The van der Waals surface area contributed by atoms with E-state index < -0.39 is 52.6 Å². The molecule has 9 heteroatoms. The van der Waals surface area contributed by atoms with E-state index in [1.165, 1.54) is 19.1 Å². The molecule has 3 rings (SSSR count). The first kappa shape index (κ1) is 22.5. The molecule has 2 aliphatic heterocycles. The zero-order valence-corrected chi connectivity index (χ0v) is 17.3. The van der Waals surface area contributed by atoms with Gasteiger partial charge in [0.25, 0.3) is 0 Å². The quantitative estimate of drug-likeness (QED) is 0.706. The van der Waals surface area contributed by atoms with E-state index in [0.29, 0.717) is 5.70 Å². The van der Waals surface area contributed by atoms with Crippen LogP contribution >= 0.6 is 0 Å². The number of hydrogen-bond acceptors (Lipinski definition) is 4. The van der Waals surface area contributed by atoms with E-state index in [1.54, 1.807) is 13.8 Å². The molecule has 166 valence electrons. The van der Waals surface area contributed by atoms with Crippen LogP contribution in [-0.2, 0) is 9.53 Å². The van der Waals surface area contributed by atoms with E-state index in [1.807, 2.05) is 0 Å². The normalized spacial score (nSPS) is 34.5. The molecular weight excluding hydrogens is 409 g/mol. The van der Waals surface area contributed by atoms with E-state index in [0.717, 1.165) is 20.1 Å². The molecule has 0 aromatic heterocycles. The van der Waals surface area contributed by atoms with Gasteiger partial charge < -0.3 is 14.8 Å². The summed E-state index contributed by atoms with van der Waals surface area (Å²) >= 11 is 0. The van der Waals surface area contributed by atoms with Crippen LogP contribution in [0.3, 0.4) is 0 Å². The molecule has 1 unspecified atom stereocenters. The van der Waals surface area contributed by atoms with Gasteiger partial charge >= 0.3 is 6.18 Å². The molecule has 1 fully saturated rings. The van der Waals surface area contributed by atoms with E-state index >= 15 is 0 Å². The van der Waals surface area contributed by atoms with Crippen molar-refractivity contribution in [2.75, 3.05) is 7.11 Å². The Hall–Kier alpha value is -2.16. The molecule has 30 heavy (non-hydrogen) atoms. The predicted octanol–water partition coefficient (Wildman–Crippen LogP) is 4.64. The van der Waals surface area contributed by atoms with Gasteiger partial charge in [0.05, 0.1) is 18.8 Å². The summed E-state index contributed by atoms with van der Waals surface area (Å²) in [6.45, 7) is 5.52. The zero-order chi connectivity index (χ0) is 22.6. The molecule has 2 aliphatic rings. The van der Waals surface area contributed by atoms with Gasteiger partial charge in [-0.05, 0) is 32.9 Å². The van der Waals surface area contributed by atoms with Crippen LogP contribution < -0.4 is 10.1 Å². The van der Waals surface area contributed by atoms with Gasteiger partial charge in [0.15, 0.2) is 23.0 Å². The van der Waals surface area contributed by atoms with Gasteiger partial charge in [-0.1, -0.05) is 13.0 Å². The van der Waals surface area contributed by atoms with Crippen molar-refractivity contribution in [3.05, 3.63) is 41.1 Å². The van der Waals surface area contributed by atoms with Crippen molar-refractivity contribution in [2.24, 2.45) is 5.92 Å². The van der Waals surface area contributed by atoms with Crippen molar-refractivity contribution >= 4 is 5.78 Å². The summed E-state index contributed by atoms with van der Waals surface area (Å²) in [5, 5.41) is 3.08. The number of allylic oxidation sites excluding steroid dienone is 2. The highest BCUT2D eigenvalue weighted by atomic mass is 19.4. The van der Waals surface area contributed by atoms with Crippen molar-refractivity contribution in [3.63, 3.8) is 0 Å². The van der Waals surface area contributed by atoms with Crippen LogP contribution in [0.5, 0.6) is 5.75 Å². The Morgan fingerprint density at radius 1 is 1.23 bits per heavy atom. The number of methoxy groups -OCH3 is 1. The second kappa shape index (κ2) is 7.21. The van der Waals surface area contributed by atoms with Crippen LogP contribution in [0, 0.1) is 17.6 Å². The van der Waals surface area contributed by atoms with Crippen LogP contribution in [0.4, 0.5) is 22.0 Å². The fourth-order valence-electron chi connectivity index (χ4n) is 4.71. The predicted molar refractivity (Wildman–Crippen MR) is 99.1 cm³/mol. The Balaban J connectivity index is 2.21. The topological polar surface area (TPSA) is 47.6 Å². The molecule has 0 spiro atoms. The number of carbonyl (C=O) groups is 1. The first-order chi connectivity index (χ1) is 13.7. The van der Waals surface area contributed by atoms with Gasteiger partial charge in [-0.2, -0.15) is 17.6 Å². The van der Waals surface area contributed by atoms with Gasteiger partial charge in [-0.3, -0.25) is 4.79 Å². The monoisotopic (exact) mass is 433 g/mol. The standard InChI is InChI=1S/C21H24F5NO3/c1-10-8-12(28)9-19(3,27-10)18-15(11(2)20(4,30-18)21(24,25)26)13-6-7-14(22)16(23)17(13)29-5/h6-8,11,15,18,27H,9H2,1-5H3/t11-,15-,18+,19?,20+/m0/s1. The molecule has 1 saturated heterocycles. The van der Waals surface area contributed by atoms with Crippen molar-refractivity contribution in [3.8, 4) is 5.75 Å². The Morgan fingerprint density at radius 3 is 2.40 bits per heavy atom. The summed E-state index contributed by atoms with van der Waals surface area (Å²) in [6.07, 6.45) is -4.65. The van der Waals surface area contributed by atoms with Gasteiger partial charge in [-0.15, -0.1) is 0 Å². The molecule has 1 N–H and O–H groups in total. The fourth-order valence-corrected chi connectivity index (χ4v) is 4.71. The summed E-state index contributed by atoms with van der Waals surface area (Å²) in [4.78, 5) is 12.2. The number of ether oxygens (including phenoxy) is 2. The minimum Gasteiger partial charge on any atom is -0.493 e. The largest absolute Gasteiger partial charge is 0.493 e. The molecule has 0 radical (unpaired) electrons. The number of benzene rings is 1. The van der Waals surface area contributed by atoms with Crippen molar-refractivity contribution in [1.29, 1.82) is 0 Å². The lowest BCUT2D eigenvalue weighted by Crippen LogP contribution is -2.57. The molecule has 2 heterocycles. The zero-order valence-electron chi connectivity index (χ0n) is 17.3. The lowest BCUT2D eigenvalue weighted by molar-refractivity contribution is -0.278. The maximum absolute atomic E-state index is 14.4.